The lowest BCUT2D eigenvalue weighted by molar-refractivity contribution is -0.136. The molecule has 0 saturated heterocycles. The first-order valence-corrected chi connectivity index (χ1v) is 4.50. The predicted octanol–water partition coefficient (Wildman–Crippen LogP) is 1.55. The predicted molar refractivity (Wildman–Crippen MR) is 54.0 cm³/mol. The zero-order chi connectivity index (χ0) is 10.6. The number of rotatable bonds is 3. The van der Waals surface area contributed by atoms with Crippen molar-refractivity contribution >= 4 is 23.3 Å². The quantitative estimate of drug-likeness (QED) is 0.771. The first-order valence-electron chi connectivity index (χ1n) is 4.13. The number of Topliss-reactive ketones (excluding diaryl/α,β-unsaturated/α-hetero) is 1. The van der Waals surface area contributed by atoms with Crippen LogP contribution in [0.4, 0.5) is 0 Å². The third kappa shape index (κ3) is 3.18. The van der Waals surface area contributed by atoms with E-state index in [1.54, 1.807) is 24.3 Å². The first-order chi connectivity index (χ1) is 6.59. The van der Waals surface area contributed by atoms with Gasteiger partial charge in [0.25, 0.3) is 5.91 Å². The summed E-state index contributed by atoms with van der Waals surface area (Å²) >= 11 is 5.68. The molecule has 0 spiro atoms. The molecule has 0 aliphatic carbocycles. The van der Waals surface area contributed by atoms with Crippen molar-refractivity contribution in [1.29, 1.82) is 0 Å². The second-order valence-electron chi connectivity index (χ2n) is 2.87. The number of nitrogens with one attached hydrogen (secondary N) is 1. The minimum atomic E-state index is -0.569. The van der Waals surface area contributed by atoms with Crippen LogP contribution in [-0.4, -0.2) is 11.7 Å². The van der Waals surface area contributed by atoms with Crippen LogP contribution in [0, 0.1) is 0 Å². The van der Waals surface area contributed by atoms with Crippen molar-refractivity contribution in [1.82, 2.24) is 5.32 Å². The Kier molecular flexibility index (Phi) is 3.65. The van der Waals surface area contributed by atoms with Crippen LogP contribution < -0.4 is 5.32 Å². The molecule has 0 unspecified atom stereocenters. The van der Waals surface area contributed by atoms with Gasteiger partial charge in [-0.2, -0.15) is 0 Å². The standard InChI is InChI=1S/C10H10ClNO2/c1-7(13)10(14)12-6-8-2-4-9(11)5-3-8/h2-5H,6H2,1H3,(H,12,14). The molecule has 14 heavy (non-hydrogen) atoms. The molecule has 1 aromatic carbocycles. The average Bonchev–Trinajstić information content (AvgIpc) is 2.16. The van der Waals surface area contributed by atoms with Gasteiger partial charge in [0.1, 0.15) is 0 Å². The summed E-state index contributed by atoms with van der Waals surface area (Å²) in [7, 11) is 0. The molecule has 0 atom stereocenters. The van der Waals surface area contributed by atoms with Crippen LogP contribution in [0.15, 0.2) is 24.3 Å². The summed E-state index contributed by atoms with van der Waals surface area (Å²) in [5.41, 5.74) is 0.906. The maximum absolute atomic E-state index is 10.9. The molecule has 0 fully saturated rings. The van der Waals surface area contributed by atoms with Gasteiger partial charge in [-0.1, -0.05) is 23.7 Å². The van der Waals surface area contributed by atoms with Gasteiger partial charge in [-0.05, 0) is 17.7 Å². The number of hydrogen-bond donors (Lipinski definition) is 1. The lowest BCUT2D eigenvalue weighted by Gasteiger charge is -2.02. The summed E-state index contributed by atoms with van der Waals surface area (Å²) in [4.78, 5) is 21.5. The zero-order valence-electron chi connectivity index (χ0n) is 7.71. The second-order valence-corrected chi connectivity index (χ2v) is 3.30. The molecule has 0 saturated carbocycles. The number of carbonyl (C=O) groups is 2. The van der Waals surface area contributed by atoms with Gasteiger partial charge in [0.05, 0.1) is 0 Å². The summed E-state index contributed by atoms with van der Waals surface area (Å²) in [6.07, 6.45) is 0. The third-order valence-electron chi connectivity index (χ3n) is 1.69. The van der Waals surface area contributed by atoms with Crippen LogP contribution in [0.3, 0.4) is 0 Å². The minimum absolute atomic E-state index is 0.343. The van der Waals surface area contributed by atoms with E-state index in [4.69, 9.17) is 11.6 Å². The maximum atomic E-state index is 10.9. The number of amides is 1. The van der Waals surface area contributed by atoms with Crippen LogP contribution in [0.5, 0.6) is 0 Å². The van der Waals surface area contributed by atoms with Crippen molar-refractivity contribution in [3.63, 3.8) is 0 Å². The molecule has 0 heterocycles. The zero-order valence-corrected chi connectivity index (χ0v) is 8.47. The highest BCUT2D eigenvalue weighted by Gasteiger charge is 2.05. The van der Waals surface area contributed by atoms with Crippen molar-refractivity contribution in [3.05, 3.63) is 34.9 Å². The summed E-state index contributed by atoms with van der Waals surface area (Å²) in [5, 5.41) is 3.13. The lowest BCUT2D eigenvalue weighted by Crippen LogP contribution is -2.28. The first kappa shape index (κ1) is 10.7. The van der Waals surface area contributed by atoms with E-state index in [0.29, 0.717) is 11.6 Å². The van der Waals surface area contributed by atoms with Crippen molar-refractivity contribution < 1.29 is 9.59 Å². The highest BCUT2D eigenvalue weighted by atomic mass is 35.5. The molecule has 0 aliphatic heterocycles. The number of carbonyl (C=O) groups excluding carboxylic acids is 2. The Hall–Kier alpha value is -1.35. The Bertz CT molecular complexity index is 346. The molecule has 4 heteroatoms. The van der Waals surface area contributed by atoms with Crippen molar-refractivity contribution in [2.45, 2.75) is 13.5 Å². The smallest absolute Gasteiger partial charge is 0.287 e. The summed E-state index contributed by atoms with van der Waals surface area (Å²) < 4.78 is 0. The molecule has 1 N–H and O–H groups in total. The number of ketones is 1. The summed E-state index contributed by atoms with van der Waals surface area (Å²) in [5.74, 6) is -1.06. The monoisotopic (exact) mass is 211 g/mol. The summed E-state index contributed by atoms with van der Waals surface area (Å²) in [6, 6.07) is 7.05. The Morgan fingerprint density at radius 2 is 1.86 bits per heavy atom. The van der Waals surface area contributed by atoms with Crippen LogP contribution in [-0.2, 0) is 16.1 Å². The fraction of sp³-hybridized carbons (Fsp3) is 0.200. The van der Waals surface area contributed by atoms with E-state index in [2.05, 4.69) is 5.32 Å². The van der Waals surface area contributed by atoms with Gasteiger partial charge in [0, 0.05) is 18.5 Å². The van der Waals surface area contributed by atoms with Gasteiger partial charge in [-0.15, -0.1) is 0 Å². The van der Waals surface area contributed by atoms with Gasteiger partial charge < -0.3 is 5.32 Å². The van der Waals surface area contributed by atoms with Crippen molar-refractivity contribution in [2.24, 2.45) is 0 Å². The molecule has 0 radical (unpaired) electrons. The van der Waals surface area contributed by atoms with Gasteiger partial charge >= 0.3 is 0 Å². The van der Waals surface area contributed by atoms with Crippen LogP contribution >= 0.6 is 11.6 Å². The molecular formula is C10H10ClNO2. The topological polar surface area (TPSA) is 46.2 Å². The Balaban J connectivity index is 2.50. The van der Waals surface area contributed by atoms with Gasteiger partial charge in [0.2, 0.25) is 5.78 Å². The van der Waals surface area contributed by atoms with E-state index in [9.17, 15) is 9.59 Å². The molecule has 1 rings (SSSR count). The minimum Gasteiger partial charge on any atom is -0.345 e. The third-order valence-corrected chi connectivity index (χ3v) is 1.94. The van der Waals surface area contributed by atoms with Crippen LogP contribution in [0.2, 0.25) is 5.02 Å². The second kappa shape index (κ2) is 4.77. The highest BCUT2D eigenvalue weighted by molar-refractivity contribution is 6.35. The largest absolute Gasteiger partial charge is 0.345 e. The van der Waals surface area contributed by atoms with Crippen LogP contribution in [0.1, 0.15) is 12.5 Å². The SMILES string of the molecule is CC(=O)C(=O)NCc1ccc(Cl)cc1. The molecule has 0 bridgehead atoms. The molecule has 74 valence electrons. The van der Waals surface area contributed by atoms with E-state index in [1.807, 2.05) is 0 Å². The maximum Gasteiger partial charge on any atom is 0.287 e. The fourth-order valence-electron chi connectivity index (χ4n) is 0.909. The molecule has 1 aromatic rings. The van der Waals surface area contributed by atoms with E-state index in [-0.39, 0.29) is 0 Å². The fourth-order valence-corrected chi connectivity index (χ4v) is 1.04. The molecule has 1 amide bonds. The van der Waals surface area contributed by atoms with Crippen molar-refractivity contribution in [2.75, 3.05) is 0 Å². The number of hydrogen-bond acceptors (Lipinski definition) is 2. The Labute approximate surface area is 87.1 Å². The Morgan fingerprint density at radius 1 is 1.29 bits per heavy atom. The van der Waals surface area contributed by atoms with Crippen LogP contribution in [0.25, 0.3) is 0 Å². The van der Waals surface area contributed by atoms with Gasteiger partial charge in [-0.3, -0.25) is 9.59 Å². The normalized spacial score (nSPS) is 9.57. The van der Waals surface area contributed by atoms with Gasteiger partial charge in [0.15, 0.2) is 0 Å². The Morgan fingerprint density at radius 3 is 2.36 bits per heavy atom. The van der Waals surface area contributed by atoms with E-state index in [1.165, 1.54) is 6.92 Å². The summed E-state index contributed by atoms with van der Waals surface area (Å²) in [6.45, 7) is 1.58. The van der Waals surface area contributed by atoms with E-state index < -0.39 is 11.7 Å². The molecule has 3 nitrogen and oxygen atoms in total. The van der Waals surface area contributed by atoms with E-state index in [0.717, 1.165) is 5.56 Å². The number of benzene rings is 1. The molecular weight excluding hydrogens is 202 g/mol. The van der Waals surface area contributed by atoms with E-state index >= 15 is 0 Å². The number of halogens is 1. The lowest BCUT2D eigenvalue weighted by atomic mass is 10.2. The highest BCUT2D eigenvalue weighted by Crippen LogP contribution is 2.08. The van der Waals surface area contributed by atoms with Gasteiger partial charge in [-0.25, -0.2) is 0 Å². The molecule has 0 aliphatic rings. The van der Waals surface area contributed by atoms with Crippen molar-refractivity contribution in [3.8, 4) is 0 Å². The average molecular weight is 212 g/mol. The molecule has 0 aromatic heterocycles.